The summed E-state index contributed by atoms with van der Waals surface area (Å²) in [6.45, 7) is 6.61. The van der Waals surface area contributed by atoms with E-state index in [9.17, 15) is 0 Å². The molecule has 0 spiro atoms. The monoisotopic (exact) mass is 384 g/mol. The molecular weight excluding hydrogens is 352 g/mol. The second kappa shape index (κ2) is 9.13. The maximum Gasteiger partial charge on any atom is 0.221 e. The van der Waals surface area contributed by atoms with Crippen LogP contribution in [0.2, 0.25) is 25.2 Å². The molecule has 0 N–H and O–H groups in total. The molecule has 2 aromatic carbocycles. The molecule has 0 amide bonds. The lowest BCUT2D eigenvalue weighted by Crippen LogP contribution is -2.49. The fourth-order valence-electron chi connectivity index (χ4n) is 3.90. The normalized spacial score (nSPS) is 28.7. The Bertz CT molecular complexity index is 589. The fraction of sp³-hybridized carbons (Fsp3) is 0.455. The molecule has 26 heavy (non-hydrogen) atoms. The molecule has 140 valence electrons. The van der Waals surface area contributed by atoms with Crippen LogP contribution in [-0.4, -0.2) is 29.8 Å². The maximum atomic E-state index is 5.99. The Kier molecular flexibility index (Phi) is 6.87. The van der Waals surface area contributed by atoms with Crippen LogP contribution in [0.5, 0.6) is 0 Å². The topological polar surface area (TPSA) is 18.5 Å². The van der Waals surface area contributed by atoms with E-state index in [2.05, 4.69) is 73.8 Å². The summed E-state index contributed by atoms with van der Waals surface area (Å²) < 4.78 is 12.0. The van der Waals surface area contributed by atoms with Crippen LogP contribution in [0.3, 0.4) is 0 Å². The first kappa shape index (κ1) is 19.6. The van der Waals surface area contributed by atoms with E-state index < -0.39 is 16.6 Å². The molecule has 2 aromatic rings. The van der Waals surface area contributed by atoms with Gasteiger partial charge >= 0.3 is 0 Å². The molecule has 0 radical (unpaired) electrons. The molecule has 0 aliphatic carbocycles. The van der Waals surface area contributed by atoms with Gasteiger partial charge in [0.1, 0.15) is 0 Å². The van der Waals surface area contributed by atoms with Crippen molar-refractivity contribution in [2.45, 2.75) is 50.9 Å². The zero-order valence-corrected chi connectivity index (χ0v) is 18.2. The summed E-state index contributed by atoms with van der Waals surface area (Å²) >= 11 is 0. The Morgan fingerprint density at radius 1 is 0.577 bits per heavy atom. The minimum absolute atomic E-state index is 0.970. The zero-order chi connectivity index (χ0) is 18.3. The van der Waals surface area contributed by atoms with E-state index in [4.69, 9.17) is 8.85 Å². The smallest absolute Gasteiger partial charge is 0.221 e. The first-order chi connectivity index (χ1) is 12.6. The Labute approximate surface area is 160 Å². The molecule has 4 heteroatoms. The number of hydrogen-bond donors (Lipinski definition) is 0. The van der Waals surface area contributed by atoms with E-state index in [1.807, 2.05) is 0 Å². The van der Waals surface area contributed by atoms with E-state index in [0.717, 1.165) is 13.2 Å². The highest BCUT2D eigenvalue weighted by Crippen LogP contribution is 2.22. The van der Waals surface area contributed by atoms with Gasteiger partial charge in [-0.2, -0.15) is 0 Å². The Morgan fingerprint density at radius 2 is 0.962 bits per heavy atom. The molecule has 0 aromatic heterocycles. The lowest BCUT2D eigenvalue weighted by molar-refractivity contribution is 0.279. The van der Waals surface area contributed by atoms with Gasteiger partial charge in [0.15, 0.2) is 0 Å². The summed E-state index contributed by atoms with van der Waals surface area (Å²) in [7, 11) is -3.03. The Balaban J connectivity index is 0.000000151. The van der Waals surface area contributed by atoms with Gasteiger partial charge < -0.3 is 8.85 Å². The van der Waals surface area contributed by atoms with Crippen molar-refractivity contribution in [2.75, 3.05) is 13.2 Å². The van der Waals surface area contributed by atoms with Gasteiger partial charge in [0, 0.05) is 13.2 Å². The van der Waals surface area contributed by atoms with Crippen LogP contribution in [0.1, 0.15) is 25.7 Å². The first-order valence-electron chi connectivity index (χ1n) is 10.0. The van der Waals surface area contributed by atoms with Gasteiger partial charge in [0.25, 0.3) is 0 Å². The van der Waals surface area contributed by atoms with Crippen LogP contribution < -0.4 is 10.4 Å². The summed E-state index contributed by atoms with van der Waals surface area (Å²) in [4.78, 5) is 0. The van der Waals surface area contributed by atoms with E-state index in [-0.39, 0.29) is 0 Å². The minimum atomic E-state index is -1.51. The zero-order valence-electron chi connectivity index (χ0n) is 16.2. The van der Waals surface area contributed by atoms with Gasteiger partial charge in [0.05, 0.1) is 0 Å². The van der Waals surface area contributed by atoms with Crippen molar-refractivity contribution in [1.29, 1.82) is 0 Å². The lowest BCUT2D eigenvalue weighted by Gasteiger charge is -2.31. The molecular formula is C22H32O2Si2. The molecule has 0 saturated carbocycles. The molecule has 2 heterocycles. The van der Waals surface area contributed by atoms with Crippen molar-refractivity contribution in [2.24, 2.45) is 0 Å². The van der Waals surface area contributed by atoms with Crippen molar-refractivity contribution in [1.82, 2.24) is 0 Å². The maximum absolute atomic E-state index is 5.99. The summed E-state index contributed by atoms with van der Waals surface area (Å²) in [5.74, 6) is 0. The minimum Gasteiger partial charge on any atom is -0.413 e. The van der Waals surface area contributed by atoms with Gasteiger partial charge in [-0.15, -0.1) is 0 Å². The number of rotatable bonds is 2. The predicted octanol–water partition coefficient (Wildman–Crippen LogP) is 4.56. The van der Waals surface area contributed by atoms with Crippen molar-refractivity contribution in [3.63, 3.8) is 0 Å². The molecule has 2 saturated heterocycles. The average Bonchev–Trinajstić information content (AvgIpc) is 2.71. The van der Waals surface area contributed by atoms with Crippen molar-refractivity contribution in [3.8, 4) is 0 Å². The summed E-state index contributed by atoms with van der Waals surface area (Å²) in [5, 5.41) is 2.91. The lowest BCUT2D eigenvalue weighted by atomic mass is 10.3. The third-order valence-corrected chi connectivity index (χ3v) is 13.1. The Hall–Kier alpha value is -1.21. The molecule has 2 unspecified atom stereocenters. The quantitative estimate of drug-likeness (QED) is 0.707. The highest BCUT2D eigenvalue weighted by Gasteiger charge is 2.33. The van der Waals surface area contributed by atoms with E-state index >= 15 is 0 Å². The van der Waals surface area contributed by atoms with Crippen LogP contribution in [0.25, 0.3) is 0 Å². The predicted molar refractivity (Wildman–Crippen MR) is 115 cm³/mol. The SMILES string of the molecule is C[Si]1(c2ccccc2)CCCCO1.C[Si]1(c2ccccc2)CCCCO1. The molecule has 2 aliphatic rings. The van der Waals surface area contributed by atoms with E-state index in [1.54, 1.807) is 0 Å². The average molecular weight is 385 g/mol. The fourth-order valence-corrected chi connectivity index (χ4v) is 9.94. The van der Waals surface area contributed by atoms with Crippen molar-refractivity contribution < 1.29 is 8.85 Å². The molecule has 2 aliphatic heterocycles. The number of benzene rings is 2. The first-order valence-corrected chi connectivity index (χ1v) is 15.2. The Morgan fingerprint density at radius 3 is 1.27 bits per heavy atom. The summed E-state index contributed by atoms with van der Waals surface area (Å²) in [6.07, 6.45) is 5.18. The second-order valence-corrected chi connectivity index (χ2v) is 15.5. The van der Waals surface area contributed by atoms with E-state index in [1.165, 1.54) is 48.1 Å². The van der Waals surface area contributed by atoms with E-state index in [0.29, 0.717) is 0 Å². The second-order valence-electron chi connectivity index (χ2n) is 7.80. The standard InChI is InChI=1S/2C11H16OSi/c2*1-13(10-6-5-9-12-13)11-7-3-2-4-8-11/h2*2-4,7-8H,5-6,9-10H2,1H3. The highest BCUT2D eigenvalue weighted by molar-refractivity contribution is 6.86. The van der Waals surface area contributed by atoms with Crippen LogP contribution in [-0.2, 0) is 8.85 Å². The molecule has 2 fully saturated rings. The molecule has 0 bridgehead atoms. The molecule has 4 rings (SSSR count). The van der Waals surface area contributed by atoms with Crippen molar-refractivity contribution in [3.05, 3.63) is 60.7 Å². The summed E-state index contributed by atoms with van der Waals surface area (Å²) in [5.41, 5.74) is 0. The van der Waals surface area contributed by atoms with Crippen LogP contribution >= 0.6 is 0 Å². The molecule has 2 atom stereocenters. The van der Waals surface area contributed by atoms with Gasteiger partial charge in [-0.3, -0.25) is 0 Å². The largest absolute Gasteiger partial charge is 0.413 e. The van der Waals surface area contributed by atoms with Crippen LogP contribution in [0, 0.1) is 0 Å². The summed E-state index contributed by atoms with van der Waals surface area (Å²) in [6, 6.07) is 24.1. The van der Waals surface area contributed by atoms with Gasteiger partial charge in [-0.05, 0) is 48.4 Å². The highest BCUT2D eigenvalue weighted by atomic mass is 28.4. The molecule has 2 nitrogen and oxygen atoms in total. The third kappa shape index (κ3) is 4.94. The van der Waals surface area contributed by atoms with Crippen molar-refractivity contribution >= 4 is 27.0 Å². The van der Waals surface area contributed by atoms with Gasteiger partial charge in [0.2, 0.25) is 16.6 Å². The van der Waals surface area contributed by atoms with Crippen LogP contribution in [0.4, 0.5) is 0 Å². The van der Waals surface area contributed by atoms with Crippen LogP contribution in [0.15, 0.2) is 60.7 Å². The third-order valence-electron chi connectivity index (χ3n) is 5.71. The van der Waals surface area contributed by atoms with Gasteiger partial charge in [-0.1, -0.05) is 73.5 Å². The van der Waals surface area contributed by atoms with Gasteiger partial charge in [-0.25, -0.2) is 0 Å². The number of hydrogen-bond acceptors (Lipinski definition) is 2.